The fourth-order valence-electron chi connectivity index (χ4n) is 2.89. The minimum Gasteiger partial charge on any atom is -0.454 e. The molecule has 31 heavy (non-hydrogen) atoms. The lowest BCUT2D eigenvalue weighted by Crippen LogP contribution is -2.40. The number of para-hydroxylation sites is 1. The lowest BCUT2D eigenvalue weighted by molar-refractivity contribution is -0.148. The summed E-state index contributed by atoms with van der Waals surface area (Å²) in [4.78, 5) is 36.8. The van der Waals surface area contributed by atoms with Gasteiger partial charge in [0, 0.05) is 11.3 Å². The predicted octanol–water partition coefficient (Wildman–Crippen LogP) is 4.31. The summed E-state index contributed by atoms with van der Waals surface area (Å²) in [5.41, 5.74) is 2.66. The van der Waals surface area contributed by atoms with Crippen LogP contribution in [-0.4, -0.2) is 30.4 Å². The number of esters is 1. The third-order valence-electron chi connectivity index (χ3n) is 4.45. The van der Waals surface area contributed by atoms with Crippen molar-refractivity contribution < 1.29 is 19.1 Å². The SMILES string of the molecule is C[C@H](NC(=O)c1ccccc1Cl)C(=O)OCC(=O)Nc1ccccc1-c1ccccc1. The standard InChI is InChI=1S/C24H21ClN2O4/c1-16(26-23(29)19-12-5-7-13-20(19)25)24(30)31-15-22(28)27-21-14-8-6-11-18(21)17-9-3-2-4-10-17/h2-14,16H,15H2,1H3,(H,26,29)(H,27,28)/t16-/m0/s1. The third-order valence-corrected chi connectivity index (χ3v) is 4.78. The van der Waals surface area contributed by atoms with Gasteiger partial charge in [-0.05, 0) is 30.7 Å². The molecule has 2 N–H and O–H groups in total. The Balaban J connectivity index is 1.55. The quantitative estimate of drug-likeness (QED) is 0.540. The molecule has 7 heteroatoms. The molecular formula is C24H21ClN2O4. The third kappa shape index (κ3) is 5.93. The highest BCUT2D eigenvalue weighted by atomic mass is 35.5. The van der Waals surface area contributed by atoms with Gasteiger partial charge in [-0.3, -0.25) is 9.59 Å². The molecule has 1 atom stereocenters. The highest BCUT2D eigenvalue weighted by Crippen LogP contribution is 2.27. The van der Waals surface area contributed by atoms with Gasteiger partial charge in [0.2, 0.25) is 0 Å². The number of halogens is 1. The second-order valence-corrected chi connectivity index (χ2v) is 7.15. The van der Waals surface area contributed by atoms with Crippen molar-refractivity contribution in [1.82, 2.24) is 5.32 Å². The molecule has 3 rings (SSSR count). The fraction of sp³-hybridized carbons (Fsp3) is 0.125. The molecule has 0 saturated heterocycles. The number of hydrogen-bond acceptors (Lipinski definition) is 4. The van der Waals surface area contributed by atoms with Crippen molar-refractivity contribution >= 4 is 35.1 Å². The Hall–Kier alpha value is -3.64. The van der Waals surface area contributed by atoms with Gasteiger partial charge in [-0.25, -0.2) is 4.79 Å². The summed E-state index contributed by atoms with van der Waals surface area (Å²) in [7, 11) is 0. The van der Waals surface area contributed by atoms with E-state index in [1.807, 2.05) is 42.5 Å². The topological polar surface area (TPSA) is 84.5 Å². The van der Waals surface area contributed by atoms with Gasteiger partial charge in [0.1, 0.15) is 6.04 Å². The minimum atomic E-state index is -0.951. The van der Waals surface area contributed by atoms with Gasteiger partial charge < -0.3 is 15.4 Å². The zero-order valence-corrected chi connectivity index (χ0v) is 17.6. The number of rotatable bonds is 7. The van der Waals surface area contributed by atoms with Gasteiger partial charge in [0.15, 0.2) is 6.61 Å². The van der Waals surface area contributed by atoms with Gasteiger partial charge in [-0.1, -0.05) is 72.3 Å². The van der Waals surface area contributed by atoms with Crippen molar-refractivity contribution in [3.63, 3.8) is 0 Å². The van der Waals surface area contributed by atoms with Crippen LogP contribution in [-0.2, 0) is 14.3 Å². The largest absolute Gasteiger partial charge is 0.454 e. The summed E-state index contributed by atoms with van der Waals surface area (Å²) in [6.45, 7) is 0.994. The van der Waals surface area contributed by atoms with E-state index < -0.39 is 30.4 Å². The van der Waals surface area contributed by atoms with Crippen LogP contribution in [0.4, 0.5) is 5.69 Å². The average molecular weight is 437 g/mol. The monoisotopic (exact) mass is 436 g/mol. The van der Waals surface area contributed by atoms with Crippen LogP contribution in [0, 0.1) is 0 Å². The van der Waals surface area contributed by atoms with Crippen LogP contribution in [0.25, 0.3) is 11.1 Å². The number of nitrogens with one attached hydrogen (secondary N) is 2. The maximum Gasteiger partial charge on any atom is 0.328 e. The molecular weight excluding hydrogens is 416 g/mol. The van der Waals surface area contributed by atoms with Crippen LogP contribution in [0.3, 0.4) is 0 Å². The maximum absolute atomic E-state index is 12.3. The Bertz CT molecular complexity index is 1090. The second-order valence-electron chi connectivity index (χ2n) is 6.74. The van der Waals surface area contributed by atoms with Crippen molar-refractivity contribution in [3.8, 4) is 11.1 Å². The smallest absolute Gasteiger partial charge is 0.328 e. The van der Waals surface area contributed by atoms with Gasteiger partial charge in [-0.2, -0.15) is 0 Å². The van der Waals surface area contributed by atoms with Gasteiger partial charge in [-0.15, -0.1) is 0 Å². The summed E-state index contributed by atoms with van der Waals surface area (Å²) in [6.07, 6.45) is 0. The van der Waals surface area contributed by atoms with Crippen molar-refractivity contribution in [2.45, 2.75) is 13.0 Å². The highest BCUT2D eigenvalue weighted by molar-refractivity contribution is 6.33. The zero-order valence-electron chi connectivity index (χ0n) is 16.8. The summed E-state index contributed by atoms with van der Waals surface area (Å²) in [6, 6.07) is 22.5. The highest BCUT2D eigenvalue weighted by Gasteiger charge is 2.20. The lowest BCUT2D eigenvalue weighted by atomic mass is 10.0. The normalized spacial score (nSPS) is 11.3. The van der Waals surface area contributed by atoms with Crippen LogP contribution >= 0.6 is 11.6 Å². The Labute approximate surface area is 185 Å². The Morgan fingerprint density at radius 1 is 0.903 bits per heavy atom. The molecule has 0 aliphatic rings. The van der Waals surface area contributed by atoms with Crippen LogP contribution in [0.2, 0.25) is 5.02 Å². The number of amides is 2. The molecule has 0 spiro atoms. The molecule has 0 aromatic heterocycles. The van der Waals surface area contributed by atoms with E-state index in [0.29, 0.717) is 5.69 Å². The Morgan fingerprint density at radius 2 is 1.55 bits per heavy atom. The first-order valence-electron chi connectivity index (χ1n) is 9.62. The molecule has 3 aromatic carbocycles. The van der Waals surface area contributed by atoms with Gasteiger partial charge in [0.25, 0.3) is 11.8 Å². The van der Waals surface area contributed by atoms with E-state index in [4.69, 9.17) is 16.3 Å². The average Bonchev–Trinajstić information content (AvgIpc) is 2.78. The molecule has 2 amide bonds. The molecule has 158 valence electrons. The molecule has 0 radical (unpaired) electrons. The summed E-state index contributed by atoms with van der Waals surface area (Å²) < 4.78 is 5.05. The van der Waals surface area contributed by atoms with Gasteiger partial charge >= 0.3 is 5.97 Å². The van der Waals surface area contributed by atoms with Crippen molar-refractivity contribution in [1.29, 1.82) is 0 Å². The maximum atomic E-state index is 12.3. The first-order chi connectivity index (χ1) is 15.0. The number of benzene rings is 3. The molecule has 0 fully saturated rings. The number of ether oxygens (including phenoxy) is 1. The molecule has 0 bridgehead atoms. The van der Waals surface area contributed by atoms with Crippen LogP contribution in [0.5, 0.6) is 0 Å². The zero-order chi connectivity index (χ0) is 22.2. The van der Waals surface area contributed by atoms with Crippen LogP contribution in [0.1, 0.15) is 17.3 Å². The van der Waals surface area contributed by atoms with Gasteiger partial charge in [0.05, 0.1) is 10.6 Å². The first kappa shape index (κ1) is 22.1. The van der Waals surface area contributed by atoms with E-state index in [0.717, 1.165) is 11.1 Å². The van der Waals surface area contributed by atoms with Crippen molar-refractivity contribution in [2.75, 3.05) is 11.9 Å². The molecule has 0 unspecified atom stereocenters. The molecule has 3 aromatic rings. The van der Waals surface area contributed by atoms with E-state index in [9.17, 15) is 14.4 Å². The van der Waals surface area contributed by atoms with Crippen molar-refractivity contribution in [2.24, 2.45) is 0 Å². The minimum absolute atomic E-state index is 0.249. The van der Waals surface area contributed by atoms with E-state index in [1.54, 1.807) is 36.4 Å². The predicted molar refractivity (Wildman–Crippen MR) is 120 cm³/mol. The summed E-state index contributed by atoms with van der Waals surface area (Å²) >= 11 is 5.99. The number of hydrogen-bond donors (Lipinski definition) is 2. The second kappa shape index (κ2) is 10.4. The van der Waals surface area contributed by atoms with Crippen LogP contribution < -0.4 is 10.6 Å². The summed E-state index contributed by atoms with van der Waals surface area (Å²) in [5.74, 6) is -1.72. The molecule has 0 heterocycles. The first-order valence-corrected chi connectivity index (χ1v) is 10.00. The molecule has 0 aliphatic heterocycles. The summed E-state index contributed by atoms with van der Waals surface area (Å²) in [5, 5.41) is 5.54. The molecule has 0 aliphatic carbocycles. The van der Waals surface area contributed by atoms with E-state index in [1.165, 1.54) is 6.92 Å². The Morgan fingerprint density at radius 3 is 2.29 bits per heavy atom. The van der Waals surface area contributed by atoms with E-state index >= 15 is 0 Å². The molecule has 6 nitrogen and oxygen atoms in total. The number of carbonyl (C=O) groups excluding carboxylic acids is 3. The van der Waals surface area contributed by atoms with Crippen LogP contribution in [0.15, 0.2) is 78.9 Å². The fourth-order valence-corrected chi connectivity index (χ4v) is 3.11. The Kier molecular flexibility index (Phi) is 7.40. The number of carbonyl (C=O) groups is 3. The van der Waals surface area contributed by atoms with Crippen molar-refractivity contribution in [3.05, 3.63) is 89.4 Å². The molecule has 0 saturated carbocycles. The lowest BCUT2D eigenvalue weighted by Gasteiger charge is -2.15. The van der Waals surface area contributed by atoms with E-state index in [-0.39, 0.29) is 10.6 Å². The van der Waals surface area contributed by atoms with E-state index in [2.05, 4.69) is 10.6 Å². The number of anilines is 1.